The van der Waals surface area contributed by atoms with E-state index in [1.807, 2.05) is 24.3 Å². The molecule has 0 aliphatic carbocycles. The summed E-state index contributed by atoms with van der Waals surface area (Å²) in [5.41, 5.74) is 9.94. The SMILES string of the molecule is CN(C)CC(=O)OC(Cc1c[nH]c2ccccc12)C(=O)N[C@@H](CCC(=O)C=[N+]=[N-])C(=O)O. The van der Waals surface area contributed by atoms with Crippen molar-refractivity contribution in [2.75, 3.05) is 20.6 Å². The molecular weight excluding hydrogens is 418 g/mol. The van der Waals surface area contributed by atoms with Gasteiger partial charge >= 0.3 is 18.2 Å². The van der Waals surface area contributed by atoms with Gasteiger partial charge in [-0.1, -0.05) is 18.2 Å². The van der Waals surface area contributed by atoms with Crippen LogP contribution in [0.15, 0.2) is 30.5 Å². The first-order chi connectivity index (χ1) is 15.2. The van der Waals surface area contributed by atoms with E-state index in [0.29, 0.717) is 6.21 Å². The summed E-state index contributed by atoms with van der Waals surface area (Å²) in [5.74, 6) is -3.38. The van der Waals surface area contributed by atoms with Gasteiger partial charge in [-0.3, -0.25) is 19.3 Å². The van der Waals surface area contributed by atoms with E-state index in [4.69, 9.17) is 10.3 Å². The number of amides is 1. The van der Waals surface area contributed by atoms with Gasteiger partial charge in [-0.2, -0.15) is 4.79 Å². The minimum absolute atomic E-state index is 0.0253. The van der Waals surface area contributed by atoms with Gasteiger partial charge in [0.25, 0.3) is 5.91 Å². The summed E-state index contributed by atoms with van der Waals surface area (Å²) in [6.45, 7) is -0.0605. The Morgan fingerprint density at radius 2 is 2.00 bits per heavy atom. The van der Waals surface area contributed by atoms with Gasteiger partial charge < -0.3 is 25.7 Å². The Hall–Kier alpha value is -3.82. The maximum absolute atomic E-state index is 12.9. The maximum Gasteiger partial charge on any atom is 0.326 e. The van der Waals surface area contributed by atoms with E-state index in [9.17, 15) is 24.3 Å². The van der Waals surface area contributed by atoms with E-state index >= 15 is 0 Å². The van der Waals surface area contributed by atoms with E-state index in [1.165, 1.54) is 0 Å². The molecule has 2 atom stereocenters. The first-order valence-electron chi connectivity index (χ1n) is 9.84. The molecule has 0 saturated heterocycles. The Balaban J connectivity index is 2.19. The van der Waals surface area contributed by atoms with Crippen LogP contribution in [-0.4, -0.2) is 82.4 Å². The highest BCUT2D eigenvalue weighted by molar-refractivity contribution is 6.25. The third-order valence-corrected chi connectivity index (χ3v) is 4.59. The second-order valence-corrected chi connectivity index (χ2v) is 7.43. The highest BCUT2D eigenvalue weighted by atomic mass is 16.5. The molecule has 0 aliphatic rings. The summed E-state index contributed by atoms with van der Waals surface area (Å²) in [5, 5.41) is 12.6. The molecule has 0 saturated carbocycles. The summed E-state index contributed by atoms with van der Waals surface area (Å²) in [4.78, 5) is 55.4. The number of para-hydroxylation sites is 1. The molecule has 32 heavy (non-hydrogen) atoms. The van der Waals surface area contributed by atoms with Gasteiger partial charge in [0, 0.05) is 29.9 Å². The lowest BCUT2D eigenvalue weighted by atomic mass is 10.0. The Labute approximate surface area is 184 Å². The number of aromatic nitrogens is 1. The third kappa shape index (κ3) is 7.15. The number of rotatable bonds is 12. The van der Waals surface area contributed by atoms with Crippen molar-refractivity contribution in [3.63, 3.8) is 0 Å². The van der Waals surface area contributed by atoms with Crippen molar-refractivity contribution in [3.8, 4) is 0 Å². The lowest BCUT2D eigenvalue weighted by molar-refractivity contribution is -0.157. The molecule has 3 N–H and O–H groups in total. The molecule has 1 unspecified atom stereocenters. The minimum Gasteiger partial charge on any atom is -0.480 e. The largest absolute Gasteiger partial charge is 0.480 e. The number of hydrogen-bond acceptors (Lipinski definition) is 6. The monoisotopic (exact) mass is 443 g/mol. The predicted molar refractivity (Wildman–Crippen MR) is 114 cm³/mol. The number of carbonyl (C=O) groups is 4. The zero-order valence-corrected chi connectivity index (χ0v) is 17.8. The summed E-state index contributed by atoms with van der Waals surface area (Å²) in [7, 11) is 3.34. The van der Waals surface area contributed by atoms with Gasteiger partial charge in [-0.15, -0.1) is 0 Å². The molecule has 1 aromatic carbocycles. The van der Waals surface area contributed by atoms with Gasteiger partial charge in [-0.05, 0) is 32.1 Å². The number of carboxylic acids is 1. The number of ether oxygens (including phenoxy) is 1. The molecule has 1 amide bonds. The predicted octanol–water partition coefficient (Wildman–Crippen LogP) is 0.403. The van der Waals surface area contributed by atoms with Crippen molar-refractivity contribution in [1.82, 2.24) is 15.2 Å². The van der Waals surface area contributed by atoms with Crippen LogP contribution in [0, 0.1) is 0 Å². The maximum atomic E-state index is 12.9. The number of esters is 1. The minimum atomic E-state index is -1.39. The standard InChI is InChI=1S/C21H25N5O6/c1-26(2)12-19(28)32-18(9-13-10-23-16-6-4-3-5-15(13)16)20(29)25-17(21(30)31)8-7-14(27)11-24-22/h3-6,10-11,17-18,23H,7-9,12H2,1-2H3,(H,25,29)(H,30,31)/t17-,18?/m0/s1. The highest BCUT2D eigenvalue weighted by Gasteiger charge is 2.29. The summed E-state index contributed by atoms with van der Waals surface area (Å²) in [6, 6.07) is 6.01. The Bertz CT molecular complexity index is 1040. The van der Waals surface area contributed by atoms with Gasteiger partial charge in [0.05, 0.1) is 6.54 Å². The van der Waals surface area contributed by atoms with Crippen molar-refractivity contribution in [3.05, 3.63) is 41.6 Å². The molecule has 2 aromatic rings. The van der Waals surface area contributed by atoms with E-state index < -0.39 is 35.8 Å². The van der Waals surface area contributed by atoms with Crippen LogP contribution in [0.3, 0.4) is 0 Å². The number of benzene rings is 1. The van der Waals surface area contributed by atoms with E-state index in [-0.39, 0.29) is 25.8 Å². The van der Waals surface area contributed by atoms with Crippen LogP contribution in [0.1, 0.15) is 18.4 Å². The van der Waals surface area contributed by atoms with Crippen LogP contribution in [-0.2, 0) is 30.3 Å². The van der Waals surface area contributed by atoms with Crippen LogP contribution in [0.2, 0.25) is 0 Å². The third-order valence-electron chi connectivity index (χ3n) is 4.59. The van der Waals surface area contributed by atoms with Crippen LogP contribution in [0.25, 0.3) is 16.4 Å². The number of aliphatic carboxylic acids is 1. The smallest absolute Gasteiger partial charge is 0.326 e. The molecule has 2 rings (SSSR count). The van der Waals surface area contributed by atoms with Gasteiger partial charge in [-0.25, -0.2) is 4.79 Å². The first-order valence-corrected chi connectivity index (χ1v) is 9.84. The summed E-state index contributed by atoms with van der Waals surface area (Å²) in [6.07, 6.45) is 0.623. The number of hydrogen-bond donors (Lipinski definition) is 3. The number of H-pyrrole nitrogens is 1. The van der Waals surface area contributed by atoms with Crippen LogP contribution < -0.4 is 5.32 Å². The van der Waals surface area contributed by atoms with Crippen molar-refractivity contribution < 1.29 is 33.8 Å². The molecule has 0 spiro atoms. The van der Waals surface area contributed by atoms with E-state index in [2.05, 4.69) is 15.1 Å². The zero-order valence-electron chi connectivity index (χ0n) is 17.8. The number of carbonyl (C=O) groups excluding carboxylic acids is 3. The van der Waals surface area contributed by atoms with E-state index in [0.717, 1.165) is 16.5 Å². The molecule has 0 fully saturated rings. The highest BCUT2D eigenvalue weighted by Crippen LogP contribution is 2.20. The quantitative estimate of drug-likeness (QED) is 0.185. The number of aromatic amines is 1. The fourth-order valence-corrected chi connectivity index (χ4v) is 3.08. The van der Waals surface area contributed by atoms with Crippen LogP contribution in [0.5, 0.6) is 0 Å². The number of fused-ring (bicyclic) bond motifs is 1. The molecular formula is C21H25N5O6. The van der Waals surface area contributed by atoms with Crippen molar-refractivity contribution in [2.45, 2.75) is 31.4 Å². The second-order valence-electron chi connectivity index (χ2n) is 7.43. The Kier molecular flexibility index (Phi) is 8.82. The molecule has 1 aromatic heterocycles. The molecule has 11 nitrogen and oxygen atoms in total. The average Bonchev–Trinajstić information content (AvgIpc) is 3.12. The number of carboxylic acid groups (broad SMARTS) is 1. The summed E-state index contributed by atoms with van der Waals surface area (Å²) < 4.78 is 5.37. The molecule has 0 radical (unpaired) electrons. The lowest BCUT2D eigenvalue weighted by Gasteiger charge is -2.21. The molecule has 0 bridgehead atoms. The molecule has 11 heteroatoms. The fourth-order valence-electron chi connectivity index (χ4n) is 3.08. The normalized spacial score (nSPS) is 12.6. The van der Waals surface area contributed by atoms with Gasteiger partial charge in [0.15, 0.2) is 6.10 Å². The average molecular weight is 443 g/mol. The van der Waals surface area contributed by atoms with Crippen LogP contribution >= 0.6 is 0 Å². The van der Waals surface area contributed by atoms with E-state index in [1.54, 1.807) is 25.2 Å². The van der Waals surface area contributed by atoms with Crippen molar-refractivity contribution in [1.29, 1.82) is 0 Å². The summed E-state index contributed by atoms with van der Waals surface area (Å²) >= 11 is 0. The topological polar surface area (TPSA) is 165 Å². The fraction of sp³-hybridized carbons (Fsp3) is 0.381. The number of likely N-dealkylation sites (N-methyl/N-ethyl adjacent to an activating group) is 1. The zero-order chi connectivity index (χ0) is 23.7. The number of nitrogens with zero attached hydrogens (tertiary/aromatic N) is 3. The van der Waals surface area contributed by atoms with Crippen molar-refractivity contribution >= 4 is 40.7 Å². The Morgan fingerprint density at radius 1 is 1.28 bits per heavy atom. The first kappa shape index (κ1) is 24.4. The second kappa shape index (κ2) is 11.5. The van der Waals surface area contributed by atoms with Crippen LogP contribution in [0.4, 0.5) is 0 Å². The Morgan fingerprint density at radius 3 is 2.66 bits per heavy atom. The number of nitrogens with one attached hydrogen (secondary N) is 2. The number of ketones is 1. The van der Waals surface area contributed by atoms with Gasteiger partial charge in [0.1, 0.15) is 6.04 Å². The van der Waals surface area contributed by atoms with Crippen molar-refractivity contribution in [2.24, 2.45) is 0 Å². The molecule has 1 heterocycles. The lowest BCUT2D eigenvalue weighted by Crippen LogP contribution is -2.48. The number of Topliss-reactive ketones (excluding diaryl/α,β-unsaturated/α-hetero) is 1. The van der Waals surface area contributed by atoms with Gasteiger partial charge in [0.2, 0.25) is 5.78 Å². The molecule has 170 valence electrons. The molecule has 0 aliphatic heterocycles.